The highest BCUT2D eigenvalue weighted by Crippen LogP contribution is 2.26. The first-order valence-corrected chi connectivity index (χ1v) is 8.73. The number of hydrogen-bond acceptors (Lipinski definition) is 3. The van der Waals surface area contributed by atoms with Crippen LogP contribution in [0.3, 0.4) is 0 Å². The summed E-state index contributed by atoms with van der Waals surface area (Å²) in [5.41, 5.74) is 3.45. The molecule has 1 atom stereocenters. The van der Waals surface area contributed by atoms with E-state index in [1.165, 1.54) is 5.56 Å². The standard InChI is InChI=1S/C20H24N2O2S/c1-5-13(2)15-10-6-7-12-17(15)21-20(25)22-19(23)16-11-8-9-14(3)18(16)24-4/h6-13H,5H2,1-4H3,(H2,21,22,23,25)/t13-/m1/s1. The van der Waals surface area contributed by atoms with Gasteiger partial charge in [-0.15, -0.1) is 0 Å². The molecule has 0 aromatic heterocycles. The number of para-hydroxylation sites is 2. The molecule has 0 heterocycles. The highest BCUT2D eigenvalue weighted by molar-refractivity contribution is 7.80. The number of methoxy groups -OCH3 is 1. The van der Waals surface area contributed by atoms with Gasteiger partial charge in [0.05, 0.1) is 12.7 Å². The van der Waals surface area contributed by atoms with E-state index in [0.717, 1.165) is 17.7 Å². The molecule has 0 saturated heterocycles. The third-order valence-electron chi connectivity index (χ3n) is 4.24. The Morgan fingerprint density at radius 3 is 2.60 bits per heavy atom. The van der Waals surface area contributed by atoms with Crippen LogP contribution in [-0.2, 0) is 0 Å². The molecule has 132 valence electrons. The van der Waals surface area contributed by atoms with E-state index in [2.05, 4.69) is 30.5 Å². The zero-order valence-corrected chi connectivity index (χ0v) is 15.9. The molecule has 0 spiro atoms. The Hall–Kier alpha value is -2.40. The van der Waals surface area contributed by atoms with Gasteiger partial charge in [-0.3, -0.25) is 10.1 Å². The molecule has 5 heteroatoms. The van der Waals surface area contributed by atoms with Crippen molar-refractivity contribution in [3.63, 3.8) is 0 Å². The SMILES string of the molecule is CC[C@@H](C)c1ccccc1NC(=S)NC(=O)c1cccc(C)c1OC. The Balaban J connectivity index is 2.14. The molecular weight excluding hydrogens is 332 g/mol. The summed E-state index contributed by atoms with van der Waals surface area (Å²) >= 11 is 5.32. The second kappa shape index (κ2) is 8.62. The first kappa shape index (κ1) is 18.9. The van der Waals surface area contributed by atoms with E-state index in [1.54, 1.807) is 13.2 Å². The molecule has 0 bridgehead atoms. The third-order valence-corrected chi connectivity index (χ3v) is 4.44. The van der Waals surface area contributed by atoms with Gasteiger partial charge in [-0.2, -0.15) is 0 Å². The lowest BCUT2D eigenvalue weighted by Gasteiger charge is -2.17. The second-order valence-electron chi connectivity index (χ2n) is 5.96. The third kappa shape index (κ3) is 4.57. The average Bonchev–Trinajstić information content (AvgIpc) is 2.61. The summed E-state index contributed by atoms with van der Waals surface area (Å²) in [6.07, 6.45) is 1.03. The smallest absolute Gasteiger partial charge is 0.261 e. The summed E-state index contributed by atoms with van der Waals surface area (Å²) in [4.78, 5) is 12.5. The van der Waals surface area contributed by atoms with Crippen molar-refractivity contribution in [1.82, 2.24) is 5.32 Å². The highest BCUT2D eigenvalue weighted by atomic mass is 32.1. The predicted octanol–water partition coefficient (Wildman–Crippen LogP) is 4.64. The molecule has 1 amide bonds. The molecule has 0 unspecified atom stereocenters. The molecule has 2 aromatic rings. The number of anilines is 1. The van der Waals surface area contributed by atoms with Crippen molar-refractivity contribution in [2.24, 2.45) is 0 Å². The van der Waals surface area contributed by atoms with E-state index in [1.807, 2.05) is 37.3 Å². The average molecular weight is 356 g/mol. The Bertz CT molecular complexity index is 774. The van der Waals surface area contributed by atoms with Crippen LogP contribution in [0.2, 0.25) is 0 Å². The molecule has 2 aromatic carbocycles. The summed E-state index contributed by atoms with van der Waals surface area (Å²) in [5, 5.41) is 6.14. The number of carbonyl (C=O) groups is 1. The molecule has 0 aliphatic rings. The molecule has 0 fully saturated rings. The lowest BCUT2D eigenvalue weighted by atomic mass is 9.97. The maximum absolute atomic E-state index is 12.5. The largest absolute Gasteiger partial charge is 0.496 e. The summed E-state index contributed by atoms with van der Waals surface area (Å²) in [7, 11) is 1.55. The predicted molar refractivity (Wildman–Crippen MR) is 107 cm³/mol. The summed E-state index contributed by atoms with van der Waals surface area (Å²) in [6.45, 7) is 6.21. The lowest BCUT2D eigenvalue weighted by Crippen LogP contribution is -2.34. The maximum Gasteiger partial charge on any atom is 0.261 e. The van der Waals surface area contributed by atoms with Gasteiger partial charge in [0, 0.05) is 5.69 Å². The Labute approximate surface area is 154 Å². The van der Waals surface area contributed by atoms with Gasteiger partial charge in [-0.05, 0) is 54.7 Å². The van der Waals surface area contributed by atoms with E-state index in [-0.39, 0.29) is 11.0 Å². The van der Waals surface area contributed by atoms with Gasteiger partial charge in [-0.1, -0.05) is 44.2 Å². The molecule has 0 radical (unpaired) electrons. The summed E-state index contributed by atoms with van der Waals surface area (Å²) in [5.74, 6) is 0.668. The van der Waals surface area contributed by atoms with E-state index in [9.17, 15) is 4.79 Å². The minimum atomic E-state index is -0.293. The van der Waals surface area contributed by atoms with Gasteiger partial charge in [0.2, 0.25) is 0 Å². The Kier molecular flexibility index (Phi) is 6.53. The van der Waals surface area contributed by atoms with E-state index in [4.69, 9.17) is 17.0 Å². The molecule has 0 saturated carbocycles. The fourth-order valence-electron chi connectivity index (χ4n) is 2.69. The number of nitrogens with one attached hydrogen (secondary N) is 2. The van der Waals surface area contributed by atoms with Crippen molar-refractivity contribution in [3.05, 3.63) is 59.2 Å². The Morgan fingerprint density at radius 1 is 1.20 bits per heavy atom. The topological polar surface area (TPSA) is 50.4 Å². The molecule has 2 rings (SSSR count). The number of carbonyl (C=O) groups excluding carboxylic acids is 1. The minimum Gasteiger partial charge on any atom is -0.496 e. The molecular formula is C20H24N2O2S. The van der Waals surface area contributed by atoms with Crippen LogP contribution in [0.15, 0.2) is 42.5 Å². The monoisotopic (exact) mass is 356 g/mol. The number of aryl methyl sites for hydroxylation is 1. The zero-order valence-electron chi connectivity index (χ0n) is 15.1. The van der Waals surface area contributed by atoms with Gasteiger partial charge >= 0.3 is 0 Å². The summed E-state index contributed by atoms with van der Waals surface area (Å²) < 4.78 is 5.34. The number of benzene rings is 2. The Morgan fingerprint density at radius 2 is 1.92 bits per heavy atom. The fourth-order valence-corrected chi connectivity index (χ4v) is 2.89. The number of amides is 1. The van der Waals surface area contributed by atoms with Crippen molar-refractivity contribution in [2.75, 3.05) is 12.4 Å². The molecule has 0 aliphatic heterocycles. The number of ether oxygens (including phenoxy) is 1. The van der Waals surface area contributed by atoms with Crippen LogP contribution in [0, 0.1) is 6.92 Å². The summed E-state index contributed by atoms with van der Waals surface area (Å²) in [6, 6.07) is 13.4. The molecule has 25 heavy (non-hydrogen) atoms. The quantitative estimate of drug-likeness (QED) is 0.766. The normalized spacial score (nSPS) is 11.5. The van der Waals surface area contributed by atoms with Gasteiger partial charge in [0.25, 0.3) is 5.91 Å². The highest BCUT2D eigenvalue weighted by Gasteiger charge is 2.16. The van der Waals surface area contributed by atoms with Crippen LogP contribution in [0.1, 0.15) is 47.7 Å². The van der Waals surface area contributed by atoms with Crippen LogP contribution in [-0.4, -0.2) is 18.1 Å². The van der Waals surface area contributed by atoms with Crippen LogP contribution in [0.4, 0.5) is 5.69 Å². The van der Waals surface area contributed by atoms with Crippen LogP contribution in [0.25, 0.3) is 0 Å². The number of rotatable bonds is 5. The van der Waals surface area contributed by atoms with Crippen molar-refractivity contribution >= 4 is 28.9 Å². The van der Waals surface area contributed by atoms with Crippen LogP contribution < -0.4 is 15.4 Å². The first-order valence-electron chi connectivity index (χ1n) is 8.32. The number of hydrogen-bond donors (Lipinski definition) is 2. The van der Waals surface area contributed by atoms with Crippen molar-refractivity contribution in [2.45, 2.75) is 33.1 Å². The van der Waals surface area contributed by atoms with Gasteiger partial charge in [0.1, 0.15) is 5.75 Å². The second-order valence-corrected chi connectivity index (χ2v) is 6.37. The minimum absolute atomic E-state index is 0.268. The van der Waals surface area contributed by atoms with Crippen molar-refractivity contribution in [3.8, 4) is 5.75 Å². The molecule has 2 N–H and O–H groups in total. The van der Waals surface area contributed by atoms with Gasteiger partial charge in [0.15, 0.2) is 5.11 Å². The lowest BCUT2D eigenvalue weighted by molar-refractivity contribution is 0.0974. The van der Waals surface area contributed by atoms with Gasteiger partial charge < -0.3 is 10.1 Å². The zero-order chi connectivity index (χ0) is 18.4. The molecule has 4 nitrogen and oxygen atoms in total. The van der Waals surface area contributed by atoms with E-state index >= 15 is 0 Å². The van der Waals surface area contributed by atoms with Gasteiger partial charge in [-0.25, -0.2) is 0 Å². The first-order chi connectivity index (χ1) is 12.0. The maximum atomic E-state index is 12.5. The van der Waals surface area contributed by atoms with Crippen LogP contribution in [0.5, 0.6) is 5.75 Å². The van der Waals surface area contributed by atoms with E-state index < -0.39 is 0 Å². The van der Waals surface area contributed by atoms with Crippen molar-refractivity contribution in [1.29, 1.82) is 0 Å². The molecule has 0 aliphatic carbocycles. The number of thiocarbonyl (C=S) groups is 1. The fraction of sp³-hybridized carbons (Fsp3) is 0.300. The van der Waals surface area contributed by atoms with E-state index in [0.29, 0.717) is 17.2 Å². The van der Waals surface area contributed by atoms with Crippen molar-refractivity contribution < 1.29 is 9.53 Å². The van der Waals surface area contributed by atoms with Crippen LogP contribution >= 0.6 is 12.2 Å².